The van der Waals surface area contributed by atoms with Gasteiger partial charge in [0.05, 0.1) is 7.11 Å². The molecule has 1 aliphatic heterocycles. The van der Waals surface area contributed by atoms with Crippen molar-refractivity contribution in [1.82, 2.24) is 4.90 Å². The minimum Gasteiger partial charge on any atom is -0.469 e. The summed E-state index contributed by atoms with van der Waals surface area (Å²) in [5.41, 5.74) is 5.99. The van der Waals surface area contributed by atoms with E-state index in [2.05, 4.69) is 16.6 Å². The van der Waals surface area contributed by atoms with Crippen LogP contribution < -0.4 is 5.73 Å². The molecule has 0 aliphatic carbocycles. The van der Waals surface area contributed by atoms with Crippen LogP contribution in [0, 0.1) is 5.92 Å². The van der Waals surface area contributed by atoms with Crippen LogP contribution in [-0.4, -0.2) is 43.7 Å². The molecule has 1 saturated heterocycles. The van der Waals surface area contributed by atoms with Crippen molar-refractivity contribution >= 4 is 5.97 Å². The Balaban J connectivity index is 2.14. The van der Waals surface area contributed by atoms with Crippen molar-refractivity contribution in [1.29, 1.82) is 0 Å². The fourth-order valence-corrected chi connectivity index (χ4v) is 1.92. The summed E-state index contributed by atoms with van der Waals surface area (Å²) in [5, 5.41) is 0. The Morgan fingerprint density at radius 3 is 2.93 bits per heavy atom. The van der Waals surface area contributed by atoms with Crippen molar-refractivity contribution in [3.8, 4) is 0 Å². The number of nitrogens with zero attached hydrogens (tertiary/aromatic N) is 1. The summed E-state index contributed by atoms with van der Waals surface area (Å²) in [5.74, 6) is 0.506. The van der Waals surface area contributed by atoms with Gasteiger partial charge in [-0.2, -0.15) is 0 Å². The number of carbonyl (C=O) groups excluding carboxylic acids is 1. The summed E-state index contributed by atoms with van der Waals surface area (Å²) in [6.45, 7) is 5.23. The summed E-state index contributed by atoms with van der Waals surface area (Å²) in [6.07, 6.45) is 2.55. The van der Waals surface area contributed by atoms with E-state index in [4.69, 9.17) is 5.73 Å². The van der Waals surface area contributed by atoms with Gasteiger partial charge in [-0.05, 0) is 31.8 Å². The number of hydrogen-bond acceptors (Lipinski definition) is 4. The van der Waals surface area contributed by atoms with Crippen LogP contribution >= 0.6 is 0 Å². The molecule has 1 heterocycles. The van der Waals surface area contributed by atoms with E-state index in [0.717, 1.165) is 26.1 Å². The molecular weight excluding hydrogens is 192 g/mol. The zero-order chi connectivity index (χ0) is 11.3. The number of piperidine rings is 1. The second kappa shape index (κ2) is 6.08. The van der Waals surface area contributed by atoms with Gasteiger partial charge in [-0.1, -0.05) is 6.92 Å². The number of rotatable bonds is 4. The first-order valence-corrected chi connectivity index (χ1v) is 5.68. The summed E-state index contributed by atoms with van der Waals surface area (Å²) in [6, 6.07) is 0.289. The highest BCUT2D eigenvalue weighted by molar-refractivity contribution is 5.69. The van der Waals surface area contributed by atoms with Crippen molar-refractivity contribution in [3.05, 3.63) is 0 Å². The number of carbonyl (C=O) groups is 1. The molecular formula is C11H22N2O2. The molecule has 1 aliphatic rings. The predicted octanol–water partition coefficient (Wildman–Crippen LogP) is 0.609. The average molecular weight is 214 g/mol. The molecule has 0 radical (unpaired) electrons. The number of esters is 1. The van der Waals surface area contributed by atoms with Crippen molar-refractivity contribution in [3.63, 3.8) is 0 Å². The number of likely N-dealkylation sites (tertiary alicyclic amines) is 1. The van der Waals surface area contributed by atoms with Gasteiger partial charge >= 0.3 is 5.97 Å². The molecule has 4 heteroatoms. The fourth-order valence-electron chi connectivity index (χ4n) is 1.92. The first-order chi connectivity index (χ1) is 7.13. The first kappa shape index (κ1) is 12.5. The Kier molecular flexibility index (Phi) is 5.05. The largest absolute Gasteiger partial charge is 0.469 e. The van der Waals surface area contributed by atoms with E-state index < -0.39 is 0 Å². The standard InChI is InChI=1S/C11H22N2O2/c1-9-5-7-13(8-10(9)12)6-3-4-11(14)15-2/h9-10H,3-8,12H2,1-2H3. The summed E-state index contributed by atoms with van der Waals surface area (Å²) in [4.78, 5) is 13.2. The Hall–Kier alpha value is -0.610. The minimum absolute atomic E-state index is 0.121. The first-order valence-electron chi connectivity index (χ1n) is 5.68. The van der Waals surface area contributed by atoms with Crippen LogP contribution in [-0.2, 0) is 9.53 Å². The highest BCUT2D eigenvalue weighted by Crippen LogP contribution is 2.15. The number of nitrogens with two attached hydrogens (primary N) is 1. The molecule has 0 aromatic carbocycles. The van der Waals surface area contributed by atoms with Gasteiger partial charge in [0.15, 0.2) is 0 Å². The van der Waals surface area contributed by atoms with Crippen LogP contribution in [0.2, 0.25) is 0 Å². The summed E-state index contributed by atoms with van der Waals surface area (Å²) >= 11 is 0. The predicted molar refractivity (Wildman–Crippen MR) is 59.4 cm³/mol. The molecule has 0 saturated carbocycles. The van der Waals surface area contributed by atoms with Gasteiger partial charge in [0.2, 0.25) is 0 Å². The minimum atomic E-state index is -0.121. The second-order valence-electron chi connectivity index (χ2n) is 4.41. The lowest BCUT2D eigenvalue weighted by molar-refractivity contribution is -0.140. The lowest BCUT2D eigenvalue weighted by atomic mass is 9.94. The van der Waals surface area contributed by atoms with Gasteiger partial charge in [0.25, 0.3) is 0 Å². The quantitative estimate of drug-likeness (QED) is 0.697. The van der Waals surface area contributed by atoms with Crippen LogP contribution in [0.5, 0.6) is 0 Å². The maximum Gasteiger partial charge on any atom is 0.305 e. The molecule has 2 N–H and O–H groups in total. The molecule has 0 bridgehead atoms. The van der Waals surface area contributed by atoms with Crippen LogP contribution in [0.25, 0.3) is 0 Å². The van der Waals surface area contributed by atoms with E-state index >= 15 is 0 Å². The average Bonchev–Trinajstić information content (AvgIpc) is 2.23. The van der Waals surface area contributed by atoms with E-state index in [-0.39, 0.29) is 12.0 Å². The molecule has 88 valence electrons. The zero-order valence-electron chi connectivity index (χ0n) is 9.74. The third kappa shape index (κ3) is 4.18. The highest BCUT2D eigenvalue weighted by Gasteiger charge is 2.22. The molecule has 1 rings (SSSR count). The highest BCUT2D eigenvalue weighted by atomic mass is 16.5. The maximum absolute atomic E-state index is 10.9. The summed E-state index contributed by atoms with van der Waals surface area (Å²) < 4.78 is 4.60. The van der Waals surface area contributed by atoms with Gasteiger partial charge in [-0.3, -0.25) is 4.79 Å². The second-order valence-corrected chi connectivity index (χ2v) is 4.41. The molecule has 0 spiro atoms. The normalized spacial score (nSPS) is 27.7. The van der Waals surface area contributed by atoms with Crippen LogP contribution in [0.1, 0.15) is 26.2 Å². The number of ether oxygens (including phenoxy) is 1. The van der Waals surface area contributed by atoms with E-state index in [1.165, 1.54) is 13.5 Å². The Bertz CT molecular complexity index is 209. The number of hydrogen-bond donors (Lipinski definition) is 1. The van der Waals surface area contributed by atoms with Crippen LogP contribution in [0.4, 0.5) is 0 Å². The lowest BCUT2D eigenvalue weighted by Gasteiger charge is -2.34. The molecule has 0 amide bonds. The molecule has 1 fully saturated rings. The molecule has 0 aromatic heterocycles. The fraction of sp³-hybridized carbons (Fsp3) is 0.909. The third-order valence-corrected chi connectivity index (χ3v) is 3.18. The van der Waals surface area contributed by atoms with Gasteiger partial charge < -0.3 is 15.4 Å². The van der Waals surface area contributed by atoms with Gasteiger partial charge in [-0.15, -0.1) is 0 Å². The Morgan fingerprint density at radius 1 is 1.60 bits per heavy atom. The molecule has 2 atom stereocenters. The molecule has 15 heavy (non-hydrogen) atoms. The molecule has 0 aromatic rings. The van der Waals surface area contributed by atoms with Crippen LogP contribution in [0.3, 0.4) is 0 Å². The third-order valence-electron chi connectivity index (χ3n) is 3.18. The van der Waals surface area contributed by atoms with Crippen molar-refractivity contribution in [2.75, 3.05) is 26.7 Å². The Morgan fingerprint density at radius 2 is 2.33 bits per heavy atom. The van der Waals surface area contributed by atoms with Gasteiger partial charge in [0, 0.05) is 19.0 Å². The maximum atomic E-state index is 10.9. The van der Waals surface area contributed by atoms with Gasteiger partial charge in [0.1, 0.15) is 0 Å². The zero-order valence-corrected chi connectivity index (χ0v) is 9.74. The molecule has 2 unspecified atom stereocenters. The van der Waals surface area contributed by atoms with E-state index in [0.29, 0.717) is 12.3 Å². The monoisotopic (exact) mass is 214 g/mol. The molecule has 4 nitrogen and oxygen atoms in total. The van der Waals surface area contributed by atoms with E-state index in [1.807, 2.05) is 0 Å². The van der Waals surface area contributed by atoms with Crippen molar-refractivity contribution in [2.24, 2.45) is 11.7 Å². The smallest absolute Gasteiger partial charge is 0.305 e. The Labute approximate surface area is 91.8 Å². The van der Waals surface area contributed by atoms with Crippen molar-refractivity contribution in [2.45, 2.75) is 32.2 Å². The SMILES string of the molecule is COC(=O)CCCN1CCC(C)C(N)C1. The van der Waals surface area contributed by atoms with Crippen molar-refractivity contribution < 1.29 is 9.53 Å². The van der Waals surface area contributed by atoms with Gasteiger partial charge in [-0.25, -0.2) is 0 Å². The summed E-state index contributed by atoms with van der Waals surface area (Å²) in [7, 11) is 1.43. The lowest BCUT2D eigenvalue weighted by Crippen LogP contribution is -2.47. The van der Waals surface area contributed by atoms with E-state index in [1.54, 1.807) is 0 Å². The number of methoxy groups -OCH3 is 1. The van der Waals surface area contributed by atoms with Crippen LogP contribution in [0.15, 0.2) is 0 Å². The topological polar surface area (TPSA) is 55.6 Å². The van der Waals surface area contributed by atoms with E-state index in [9.17, 15) is 4.79 Å².